The van der Waals surface area contributed by atoms with Crippen molar-refractivity contribution < 1.29 is 4.79 Å². The quantitative estimate of drug-likeness (QED) is 0.229. The summed E-state index contributed by atoms with van der Waals surface area (Å²) in [6.45, 7) is 5.95. The second kappa shape index (κ2) is 13.0. The highest BCUT2D eigenvalue weighted by Gasteiger charge is 2.18. The van der Waals surface area contributed by atoms with Gasteiger partial charge in [0.1, 0.15) is 16.5 Å². The van der Waals surface area contributed by atoms with Crippen LogP contribution in [0, 0.1) is 11.3 Å². The van der Waals surface area contributed by atoms with Crippen molar-refractivity contribution in [3.05, 3.63) is 56.1 Å². The lowest BCUT2D eigenvalue weighted by Gasteiger charge is -2.32. The molecule has 1 aliphatic rings. The van der Waals surface area contributed by atoms with Crippen LogP contribution in [0.3, 0.4) is 0 Å². The summed E-state index contributed by atoms with van der Waals surface area (Å²) in [6.07, 6.45) is 3.13. The van der Waals surface area contributed by atoms with Crippen LogP contribution >= 0.6 is 34.5 Å². The molecule has 0 aliphatic carbocycles. The van der Waals surface area contributed by atoms with Crippen LogP contribution in [-0.2, 0) is 6.42 Å². The highest BCUT2D eigenvalue weighted by Crippen LogP contribution is 2.31. The van der Waals surface area contributed by atoms with E-state index in [1.165, 1.54) is 11.3 Å². The molecule has 0 spiro atoms. The fourth-order valence-corrected chi connectivity index (χ4v) is 5.89. The first kappa shape index (κ1) is 29.0. The van der Waals surface area contributed by atoms with E-state index in [0.29, 0.717) is 62.7 Å². The van der Waals surface area contributed by atoms with E-state index in [1.807, 2.05) is 0 Å². The molecule has 1 saturated heterocycles. The van der Waals surface area contributed by atoms with Gasteiger partial charge < -0.3 is 21.3 Å². The van der Waals surface area contributed by atoms with Gasteiger partial charge in [-0.15, -0.1) is 11.3 Å². The number of carbonyl (C=O) groups excluding carboxylic acids is 1. The predicted octanol–water partition coefficient (Wildman–Crippen LogP) is 3.64. The normalized spacial score (nSPS) is 14.3. The summed E-state index contributed by atoms with van der Waals surface area (Å²) in [5, 5.41) is 21.8. The van der Waals surface area contributed by atoms with Crippen LogP contribution < -0.4 is 16.4 Å². The monoisotopic (exact) mass is 612 g/mol. The summed E-state index contributed by atoms with van der Waals surface area (Å²) >= 11 is 13.9. The van der Waals surface area contributed by atoms with E-state index in [-0.39, 0.29) is 11.7 Å². The molecule has 0 unspecified atom stereocenters. The van der Waals surface area contributed by atoms with Crippen molar-refractivity contribution in [1.82, 2.24) is 34.7 Å². The Morgan fingerprint density at radius 2 is 1.98 bits per heavy atom. The zero-order valence-corrected chi connectivity index (χ0v) is 24.9. The zero-order chi connectivity index (χ0) is 28.9. The number of thiazole rings is 1. The molecule has 0 radical (unpaired) electrons. The first-order valence-corrected chi connectivity index (χ1v) is 14.8. The van der Waals surface area contributed by atoms with Gasteiger partial charge in [-0.3, -0.25) is 9.69 Å². The van der Waals surface area contributed by atoms with Gasteiger partial charge in [0.15, 0.2) is 17.3 Å². The molecule has 3 aromatic heterocycles. The van der Waals surface area contributed by atoms with Crippen LogP contribution in [0.4, 0.5) is 11.6 Å². The predicted molar refractivity (Wildman–Crippen MR) is 163 cm³/mol. The summed E-state index contributed by atoms with van der Waals surface area (Å²) in [4.78, 5) is 27.2. The van der Waals surface area contributed by atoms with Gasteiger partial charge in [-0.2, -0.15) is 10.4 Å². The minimum absolute atomic E-state index is 0.241. The lowest BCUT2D eigenvalue weighted by molar-refractivity contribution is 0.0935. The molecule has 0 bridgehead atoms. The Kier molecular flexibility index (Phi) is 9.22. The number of carbonyl (C=O) groups is 1. The fourth-order valence-electron chi connectivity index (χ4n) is 4.56. The van der Waals surface area contributed by atoms with Gasteiger partial charge in [0.25, 0.3) is 5.91 Å². The van der Waals surface area contributed by atoms with Crippen molar-refractivity contribution in [3.8, 4) is 17.3 Å². The number of benzene rings is 1. The van der Waals surface area contributed by atoms with E-state index < -0.39 is 0 Å². The summed E-state index contributed by atoms with van der Waals surface area (Å²) in [5.41, 5.74) is 8.02. The molecule has 1 aliphatic heterocycles. The SMILES string of the molecule is CN1CCN(CCNC(=O)c2cc3c(NCCCc4nc(N)c(C#N)s4)nc(-c4ccc(Cl)cc4Cl)cn3n2)CC1. The lowest BCUT2D eigenvalue weighted by atomic mass is 10.1. The van der Waals surface area contributed by atoms with E-state index in [2.05, 4.69) is 43.6 Å². The van der Waals surface area contributed by atoms with Crippen molar-refractivity contribution in [2.75, 3.05) is 63.9 Å². The number of piperazine rings is 1. The van der Waals surface area contributed by atoms with E-state index in [4.69, 9.17) is 39.2 Å². The molecule has 0 atom stereocenters. The van der Waals surface area contributed by atoms with Gasteiger partial charge in [-0.1, -0.05) is 23.2 Å². The topological polar surface area (TPSA) is 140 Å². The molecule has 5 rings (SSSR count). The van der Waals surface area contributed by atoms with Crippen molar-refractivity contribution in [2.45, 2.75) is 12.8 Å². The molecular formula is C27H30Cl2N10OS. The molecule has 0 saturated carbocycles. The van der Waals surface area contributed by atoms with E-state index in [1.54, 1.807) is 35.0 Å². The summed E-state index contributed by atoms with van der Waals surface area (Å²) < 4.78 is 1.64. The van der Waals surface area contributed by atoms with Gasteiger partial charge in [-0.25, -0.2) is 14.5 Å². The number of fused-ring (bicyclic) bond motifs is 1. The van der Waals surface area contributed by atoms with Gasteiger partial charge in [0.05, 0.1) is 21.9 Å². The number of nitriles is 1. The second-order valence-corrected chi connectivity index (χ2v) is 11.8. The Balaban J connectivity index is 1.32. The van der Waals surface area contributed by atoms with Crippen molar-refractivity contribution in [2.24, 2.45) is 0 Å². The number of hydrogen-bond donors (Lipinski definition) is 3. The molecule has 11 nitrogen and oxygen atoms in total. The number of anilines is 2. The Morgan fingerprint density at radius 1 is 1.17 bits per heavy atom. The number of nitrogens with one attached hydrogen (secondary N) is 2. The zero-order valence-electron chi connectivity index (χ0n) is 22.5. The first-order chi connectivity index (χ1) is 19.8. The number of amides is 1. The summed E-state index contributed by atoms with van der Waals surface area (Å²) in [6, 6.07) is 9.01. The highest BCUT2D eigenvalue weighted by molar-refractivity contribution is 7.12. The smallest absolute Gasteiger partial charge is 0.271 e. The largest absolute Gasteiger partial charge is 0.382 e. The number of aromatic nitrogens is 4. The van der Waals surface area contributed by atoms with Crippen molar-refractivity contribution in [1.29, 1.82) is 5.26 Å². The van der Waals surface area contributed by atoms with Crippen molar-refractivity contribution in [3.63, 3.8) is 0 Å². The molecule has 1 fully saturated rings. The highest BCUT2D eigenvalue weighted by atomic mass is 35.5. The summed E-state index contributed by atoms with van der Waals surface area (Å²) in [7, 11) is 2.12. The Morgan fingerprint density at radius 3 is 2.71 bits per heavy atom. The number of aryl methyl sites for hydroxylation is 1. The van der Waals surface area contributed by atoms with Crippen LogP contribution in [0.5, 0.6) is 0 Å². The second-order valence-electron chi connectivity index (χ2n) is 9.82. The maximum absolute atomic E-state index is 13.0. The van der Waals surface area contributed by atoms with E-state index in [0.717, 1.165) is 44.2 Å². The minimum Gasteiger partial charge on any atom is -0.382 e. The number of likely N-dealkylation sites (N-methyl/N-ethyl adjacent to an activating group) is 1. The van der Waals surface area contributed by atoms with Crippen LogP contribution in [0.25, 0.3) is 16.8 Å². The van der Waals surface area contributed by atoms with Crippen molar-refractivity contribution >= 4 is 57.6 Å². The minimum atomic E-state index is -0.241. The molecule has 1 amide bonds. The molecule has 4 heterocycles. The van der Waals surface area contributed by atoms with Crippen LogP contribution in [0.1, 0.15) is 26.8 Å². The number of nitrogens with zero attached hydrogens (tertiary/aromatic N) is 7. The fraction of sp³-hybridized carbons (Fsp3) is 0.370. The Bertz CT molecular complexity index is 1590. The number of nitrogen functional groups attached to an aromatic ring is 1. The van der Waals surface area contributed by atoms with Gasteiger partial charge in [0.2, 0.25) is 0 Å². The number of nitrogens with two attached hydrogens (primary N) is 1. The molecule has 4 N–H and O–H groups in total. The third kappa shape index (κ3) is 7.06. The van der Waals surface area contributed by atoms with Crippen LogP contribution in [0.15, 0.2) is 30.5 Å². The molecule has 14 heteroatoms. The first-order valence-electron chi connectivity index (χ1n) is 13.2. The summed E-state index contributed by atoms with van der Waals surface area (Å²) in [5.74, 6) is 0.591. The standard InChI is InChI=1S/C27H30Cl2N10OS/c1-37-9-11-38(12-10-37)8-7-33-27(40)20-14-22-26(32-6-2-3-24-35-25(31)23(15-30)41-24)34-21(16-39(22)36-20)18-5-4-17(28)13-19(18)29/h4-5,13-14,16H,2-3,6-12,31H2,1H3,(H,32,34)(H,33,40). The third-order valence-corrected chi connectivity index (χ3v) is 8.45. The van der Waals surface area contributed by atoms with Gasteiger partial charge >= 0.3 is 0 Å². The van der Waals surface area contributed by atoms with Crippen LogP contribution in [-0.4, -0.2) is 88.2 Å². The Labute approximate surface area is 251 Å². The van der Waals surface area contributed by atoms with E-state index >= 15 is 0 Å². The average Bonchev–Trinajstić information content (AvgIpc) is 3.55. The number of rotatable bonds is 10. The van der Waals surface area contributed by atoms with E-state index in [9.17, 15) is 4.79 Å². The molecule has 4 aromatic rings. The third-order valence-electron chi connectivity index (χ3n) is 6.86. The van der Waals surface area contributed by atoms with Crippen LogP contribution in [0.2, 0.25) is 10.0 Å². The molecule has 214 valence electrons. The lowest BCUT2D eigenvalue weighted by Crippen LogP contribution is -2.46. The Hall–Kier alpha value is -3.47. The maximum Gasteiger partial charge on any atom is 0.271 e. The molecule has 41 heavy (non-hydrogen) atoms. The van der Waals surface area contributed by atoms with Gasteiger partial charge in [-0.05, 0) is 31.7 Å². The maximum atomic E-state index is 13.0. The number of hydrogen-bond acceptors (Lipinski definition) is 10. The number of halogens is 2. The molecule has 1 aromatic carbocycles. The molecular weight excluding hydrogens is 583 g/mol. The van der Waals surface area contributed by atoms with Gasteiger partial charge in [0, 0.05) is 68.9 Å². The average molecular weight is 614 g/mol.